The molecule has 0 aliphatic carbocycles. The van der Waals surface area contributed by atoms with Gasteiger partial charge in [0.2, 0.25) is 0 Å². The molecule has 0 unspecified atom stereocenters. The number of nitrogens with one attached hydrogen (secondary N) is 2. The Bertz CT molecular complexity index is 600. The number of carbonyl (C=O) groups is 1. The number of aryl methyl sites for hydroxylation is 1. The highest BCUT2D eigenvalue weighted by Crippen LogP contribution is 2.10. The van der Waals surface area contributed by atoms with Crippen molar-refractivity contribution < 1.29 is 4.79 Å². The maximum atomic E-state index is 11.8. The third-order valence-corrected chi connectivity index (χ3v) is 2.75. The predicted octanol–water partition coefficient (Wildman–Crippen LogP) is 1.21. The van der Waals surface area contributed by atoms with Gasteiger partial charge in [0.25, 0.3) is 5.91 Å². The third kappa shape index (κ3) is 3.68. The average Bonchev–Trinajstić information content (AvgIpc) is 2.45. The number of rotatable bonds is 5. The SMILES string of the molecule is Cc1cnccc1NCCNC(=O)c1cccc(N)n1. The average molecular weight is 271 g/mol. The number of carbonyl (C=O) groups excluding carboxylic acids is 1. The van der Waals surface area contributed by atoms with E-state index < -0.39 is 0 Å². The summed E-state index contributed by atoms with van der Waals surface area (Å²) in [5.74, 6) is 0.105. The number of anilines is 2. The van der Waals surface area contributed by atoms with Crippen LogP contribution in [-0.4, -0.2) is 29.0 Å². The first-order chi connectivity index (χ1) is 9.66. The second-order valence-corrected chi connectivity index (χ2v) is 4.32. The van der Waals surface area contributed by atoms with Crippen LogP contribution in [0.15, 0.2) is 36.7 Å². The molecular weight excluding hydrogens is 254 g/mol. The number of nitrogen functional groups attached to an aromatic ring is 1. The molecule has 0 saturated heterocycles. The summed E-state index contributed by atoms with van der Waals surface area (Å²) in [6.07, 6.45) is 3.52. The largest absolute Gasteiger partial charge is 0.384 e. The molecule has 0 atom stereocenters. The smallest absolute Gasteiger partial charge is 0.270 e. The van der Waals surface area contributed by atoms with E-state index in [0.29, 0.717) is 24.6 Å². The van der Waals surface area contributed by atoms with Crippen LogP contribution in [0, 0.1) is 6.92 Å². The van der Waals surface area contributed by atoms with Crippen molar-refractivity contribution in [1.29, 1.82) is 0 Å². The van der Waals surface area contributed by atoms with E-state index in [9.17, 15) is 4.79 Å². The molecule has 2 aromatic heterocycles. The Morgan fingerprint density at radius 1 is 1.30 bits per heavy atom. The Hall–Kier alpha value is -2.63. The molecule has 4 N–H and O–H groups in total. The van der Waals surface area contributed by atoms with Crippen molar-refractivity contribution in [3.8, 4) is 0 Å². The molecule has 0 radical (unpaired) electrons. The fourth-order valence-corrected chi connectivity index (χ4v) is 1.71. The highest BCUT2D eigenvalue weighted by atomic mass is 16.1. The number of amides is 1. The lowest BCUT2D eigenvalue weighted by atomic mass is 10.2. The first kappa shape index (κ1) is 13.8. The van der Waals surface area contributed by atoms with Gasteiger partial charge in [0, 0.05) is 31.2 Å². The molecule has 0 aliphatic heterocycles. The van der Waals surface area contributed by atoms with Crippen LogP contribution in [0.25, 0.3) is 0 Å². The summed E-state index contributed by atoms with van der Waals surface area (Å²) in [4.78, 5) is 19.8. The first-order valence-electron chi connectivity index (χ1n) is 6.32. The lowest BCUT2D eigenvalue weighted by Crippen LogP contribution is -2.29. The van der Waals surface area contributed by atoms with Crippen molar-refractivity contribution in [1.82, 2.24) is 15.3 Å². The Morgan fingerprint density at radius 3 is 2.90 bits per heavy atom. The van der Waals surface area contributed by atoms with Crippen molar-refractivity contribution in [3.05, 3.63) is 47.9 Å². The zero-order chi connectivity index (χ0) is 14.4. The topological polar surface area (TPSA) is 92.9 Å². The van der Waals surface area contributed by atoms with Crippen molar-refractivity contribution >= 4 is 17.4 Å². The molecule has 2 aromatic rings. The second-order valence-electron chi connectivity index (χ2n) is 4.32. The van der Waals surface area contributed by atoms with Crippen LogP contribution in [0.5, 0.6) is 0 Å². The second kappa shape index (κ2) is 6.51. The van der Waals surface area contributed by atoms with Gasteiger partial charge in [0.1, 0.15) is 11.5 Å². The van der Waals surface area contributed by atoms with Crippen molar-refractivity contribution in [2.24, 2.45) is 0 Å². The van der Waals surface area contributed by atoms with Crippen LogP contribution in [0.4, 0.5) is 11.5 Å². The van der Waals surface area contributed by atoms with Crippen LogP contribution >= 0.6 is 0 Å². The molecule has 2 heterocycles. The number of aromatic nitrogens is 2. The number of pyridine rings is 2. The van der Waals surface area contributed by atoms with Crippen molar-refractivity contribution in [2.45, 2.75) is 6.92 Å². The molecule has 2 rings (SSSR count). The zero-order valence-electron chi connectivity index (χ0n) is 11.3. The number of nitrogens with zero attached hydrogens (tertiary/aromatic N) is 2. The van der Waals surface area contributed by atoms with Crippen molar-refractivity contribution in [2.75, 3.05) is 24.1 Å². The van der Waals surface area contributed by atoms with Gasteiger partial charge in [-0.3, -0.25) is 9.78 Å². The summed E-state index contributed by atoms with van der Waals surface area (Å²) >= 11 is 0. The minimum absolute atomic E-state index is 0.231. The summed E-state index contributed by atoms with van der Waals surface area (Å²) in [5, 5.41) is 6.01. The van der Waals surface area contributed by atoms with Gasteiger partial charge in [-0.25, -0.2) is 4.98 Å². The molecule has 0 saturated carbocycles. The molecule has 20 heavy (non-hydrogen) atoms. The molecular formula is C14H17N5O. The van der Waals surface area contributed by atoms with Crippen LogP contribution in [0.2, 0.25) is 0 Å². The van der Waals surface area contributed by atoms with E-state index in [1.165, 1.54) is 0 Å². The summed E-state index contributed by atoms with van der Waals surface area (Å²) in [6, 6.07) is 6.88. The van der Waals surface area contributed by atoms with Gasteiger partial charge in [-0.15, -0.1) is 0 Å². The maximum Gasteiger partial charge on any atom is 0.270 e. The Balaban J connectivity index is 1.79. The van der Waals surface area contributed by atoms with Crippen LogP contribution in [0.3, 0.4) is 0 Å². The van der Waals surface area contributed by atoms with E-state index in [1.807, 2.05) is 13.0 Å². The van der Waals surface area contributed by atoms with E-state index in [2.05, 4.69) is 20.6 Å². The van der Waals surface area contributed by atoms with Gasteiger partial charge in [-0.05, 0) is 30.7 Å². The minimum Gasteiger partial charge on any atom is -0.384 e. The molecule has 0 aliphatic rings. The van der Waals surface area contributed by atoms with E-state index in [-0.39, 0.29) is 5.91 Å². The molecule has 6 heteroatoms. The van der Waals surface area contributed by atoms with Crippen LogP contribution < -0.4 is 16.4 Å². The predicted molar refractivity (Wildman–Crippen MR) is 78.4 cm³/mol. The van der Waals surface area contributed by atoms with Crippen LogP contribution in [0.1, 0.15) is 16.1 Å². The molecule has 0 spiro atoms. The third-order valence-electron chi connectivity index (χ3n) is 2.75. The molecule has 0 bridgehead atoms. The van der Waals surface area contributed by atoms with Crippen molar-refractivity contribution in [3.63, 3.8) is 0 Å². The Morgan fingerprint density at radius 2 is 2.15 bits per heavy atom. The van der Waals surface area contributed by atoms with Gasteiger partial charge < -0.3 is 16.4 Å². The van der Waals surface area contributed by atoms with Gasteiger partial charge in [-0.2, -0.15) is 0 Å². The highest BCUT2D eigenvalue weighted by Gasteiger charge is 2.06. The van der Waals surface area contributed by atoms with Gasteiger partial charge in [0.05, 0.1) is 0 Å². The standard InChI is InChI=1S/C14H17N5O/c1-10-9-16-6-5-11(10)17-7-8-18-14(20)12-3-2-4-13(15)19-12/h2-6,9H,7-8H2,1H3,(H2,15,19)(H,16,17)(H,18,20). The molecule has 6 nitrogen and oxygen atoms in total. The lowest BCUT2D eigenvalue weighted by Gasteiger charge is -2.09. The van der Waals surface area contributed by atoms with E-state index in [1.54, 1.807) is 30.6 Å². The Kier molecular flexibility index (Phi) is 4.49. The molecule has 0 fully saturated rings. The maximum absolute atomic E-state index is 11.8. The fourth-order valence-electron chi connectivity index (χ4n) is 1.71. The molecule has 104 valence electrons. The fraction of sp³-hybridized carbons (Fsp3) is 0.214. The van der Waals surface area contributed by atoms with Gasteiger partial charge in [-0.1, -0.05) is 6.07 Å². The lowest BCUT2D eigenvalue weighted by molar-refractivity contribution is 0.0950. The van der Waals surface area contributed by atoms with E-state index in [4.69, 9.17) is 5.73 Å². The monoisotopic (exact) mass is 271 g/mol. The quantitative estimate of drug-likeness (QED) is 0.711. The Labute approximate surface area is 117 Å². The van der Waals surface area contributed by atoms with Gasteiger partial charge in [0.15, 0.2) is 0 Å². The summed E-state index contributed by atoms with van der Waals surface area (Å²) < 4.78 is 0. The number of hydrogen-bond donors (Lipinski definition) is 3. The number of hydrogen-bond acceptors (Lipinski definition) is 5. The summed E-state index contributed by atoms with van der Waals surface area (Å²) in [5.41, 5.74) is 7.94. The molecule has 0 aromatic carbocycles. The molecule has 1 amide bonds. The van der Waals surface area contributed by atoms with E-state index in [0.717, 1.165) is 11.3 Å². The van der Waals surface area contributed by atoms with Gasteiger partial charge >= 0.3 is 0 Å². The van der Waals surface area contributed by atoms with Crippen LogP contribution in [-0.2, 0) is 0 Å². The summed E-state index contributed by atoms with van der Waals surface area (Å²) in [7, 11) is 0. The normalized spacial score (nSPS) is 10.1. The summed E-state index contributed by atoms with van der Waals surface area (Å²) in [6.45, 7) is 3.10. The van der Waals surface area contributed by atoms with E-state index >= 15 is 0 Å². The first-order valence-corrected chi connectivity index (χ1v) is 6.32. The zero-order valence-corrected chi connectivity index (χ0v) is 11.3. The number of nitrogens with two attached hydrogens (primary N) is 1. The minimum atomic E-state index is -0.231. The highest BCUT2D eigenvalue weighted by molar-refractivity contribution is 5.92.